The summed E-state index contributed by atoms with van der Waals surface area (Å²) in [6.45, 7) is 3.71. The second-order valence-corrected chi connectivity index (χ2v) is 2.39. The molecule has 0 aromatic heterocycles. The second-order valence-electron chi connectivity index (χ2n) is 2.39. The van der Waals surface area contributed by atoms with Gasteiger partial charge in [-0.15, -0.1) is 0 Å². The molecule has 5 N–H and O–H groups in total. The van der Waals surface area contributed by atoms with E-state index in [1.54, 1.807) is 0 Å². The molecule has 0 aromatic rings. The van der Waals surface area contributed by atoms with Gasteiger partial charge in [0, 0.05) is 20.4 Å². The predicted molar refractivity (Wildman–Crippen MR) is 51.2 cm³/mol. The molecule has 0 unspecified atom stereocenters. The molecule has 3 nitrogen and oxygen atoms in total. The molecule has 77 valence electrons. The molecule has 0 aromatic carbocycles. The first-order valence-electron chi connectivity index (χ1n) is 4.02. The summed E-state index contributed by atoms with van der Waals surface area (Å²) in [6, 6.07) is 0. The molecule has 4 heteroatoms. The van der Waals surface area contributed by atoms with Gasteiger partial charge in [0.15, 0.2) is 0 Å². The first-order chi connectivity index (χ1) is 4.91. The number of hydrogen-bond acceptors (Lipinski definition) is 3. The van der Waals surface area contributed by atoms with Gasteiger partial charge < -0.3 is 24.2 Å². The van der Waals surface area contributed by atoms with Crippen LogP contribution in [0.1, 0.15) is 19.3 Å². The van der Waals surface area contributed by atoms with Crippen LogP contribution < -0.4 is 16.8 Å². The van der Waals surface area contributed by atoms with Crippen LogP contribution in [0.2, 0.25) is 0 Å². The fourth-order valence-corrected chi connectivity index (χ4v) is 0.746. The van der Waals surface area contributed by atoms with E-state index >= 15 is 0 Å². The molecule has 1 radical (unpaired) electrons. The number of rotatable bonds is 7. The van der Waals surface area contributed by atoms with Crippen molar-refractivity contribution >= 4 is 0 Å². The van der Waals surface area contributed by atoms with Crippen molar-refractivity contribution in [3.63, 3.8) is 0 Å². The second kappa shape index (κ2) is 17.6. The first kappa shape index (κ1) is 18.4. The monoisotopic (exact) mass is 347 g/mol. The van der Waals surface area contributed by atoms with Crippen LogP contribution in [-0.4, -0.2) is 26.2 Å². The van der Waals surface area contributed by atoms with E-state index in [9.17, 15) is 0 Å². The van der Waals surface area contributed by atoms with E-state index in [4.69, 9.17) is 11.5 Å². The fraction of sp³-hybridized carbons (Fsp3) is 0.875. The van der Waals surface area contributed by atoms with Crippen molar-refractivity contribution in [1.82, 2.24) is 5.32 Å². The van der Waals surface area contributed by atoms with Gasteiger partial charge in [-0.3, -0.25) is 0 Å². The van der Waals surface area contributed by atoms with Crippen LogP contribution in [0, 0.1) is 7.43 Å². The molecule has 0 aliphatic heterocycles. The van der Waals surface area contributed by atoms with E-state index in [0.29, 0.717) is 0 Å². The maximum Gasteiger partial charge on any atom is 0 e. The average Bonchev–Trinajstić information content (AvgIpc) is 1.97. The van der Waals surface area contributed by atoms with Crippen molar-refractivity contribution in [2.24, 2.45) is 11.5 Å². The maximum absolute atomic E-state index is 5.32. The normalized spacial score (nSPS) is 8.50. The molecular weight excluding hydrogens is 324 g/mol. The molecule has 0 spiro atoms. The third-order valence-electron chi connectivity index (χ3n) is 1.37. The third-order valence-corrected chi connectivity index (χ3v) is 1.37. The molecular formula is C8H22N3Re-. The van der Waals surface area contributed by atoms with Gasteiger partial charge >= 0.3 is 0 Å². The molecule has 0 bridgehead atoms. The van der Waals surface area contributed by atoms with Crippen molar-refractivity contribution in [3.8, 4) is 0 Å². The zero-order valence-corrected chi connectivity index (χ0v) is 10.7. The quantitative estimate of drug-likeness (QED) is 0.453. The van der Waals surface area contributed by atoms with Crippen molar-refractivity contribution in [2.45, 2.75) is 19.3 Å². The standard InChI is InChI=1S/C7H19N3.CH3.Re/c8-4-1-2-6-10-7-3-5-9;;/h10H,1-9H2;1H3;/q;-1;. The minimum absolute atomic E-state index is 0. The summed E-state index contributed by atoms with van der Waals surface area (Å²) < 4.78 is 0. The van der Waals surface area contributed by atoms with Crippen LogP contribution in [0.25, 0.3) is 0 Å². The van der Waals surface area contributed by atoms with Crippen molar-refractivity contribution in [2.75, 3.05) is 26.2 Å². The molecule has 0 aliphatic rings. The molecule has 12 heavy (non-hydrogen) atoms. The summed E-state index contributed by atoms with van der Waals surface area (Å²) in [7, 11) is 0. The zero-order chi connectivity index (χ0) is 7.66. The molecule has 0 aliphatic carbocycles. The summed E-state index contributed by atoms with van der Waals surface area (Å²) in [5, 5.41) is 3.29. The van der Waals surface area contributed by atoms with Gasteiger partial charge in [0.25, 0.3) is 0 Å². The van der Waals surface area contributed by atoms with E-state index in [2.05, 4.69) is 5.32 Å². The molecule has 0 atom stereocenters. The summed E-state index contributed by atoms with van der Waals surface area (Å²) in [6.07, 6.45) is 3.37. The van der Waals surface area contributed by atoms with Crippen LogP contribution >= 0.6 is 0 Å². The molecule has 0 heterocycles. The van der Waals surface area contributed by atoms with Crippen molar-refractivity contribution in [3.05, 3.63) is 7.43 Å². The predicted octanol–water partition coefficient (Wildman–Crippen LogP) is 0.111. The summed E-state index contributed by atoms with van der Waals surface area (Å²) >= 11 is 0. The zero-order valence-electron chi connectivity index (χ0n) is 7.98. The Hall–Kier alpha value is 0.542. The Bertz CT molecular complexity index is 54.3. The first-order valence-corrected chi connectivity index (χ1v) is 4.02. The topological polar surface area (TPSA) is 64.1 Å². The number of nitrogens with one attached hydrogen (secondary N) is 1. The minimum Gasteiger partial charge on any atom is -0.358 e. The van der Waals surface area contributed by atoms with E-state index < -0.39 is 0 Å². The number of unbranched alkanes of at least 4 members (excludes halogenated alkanes) is 1. The van der Waals surface area contributed by atoms with E-state index in [-0.39, 0.29) is 27.8 Å². The summed E-state index contributed by atoms with van der Waals surface area (Å²) in [5.41, 5.74) is 10.6. The van der Waals surface area contributed by atoms with Crippen LogP contribution in [0.4, 0.5) is 0 Å². The minimum atomic E-state index is 0. The largest absolute Gasteiger partial charge is 0.358 e. The van der Waals surface area contributed by atoms with E-state index in [0.717, 1.165) is 39.0 Å². The Morgan fingerprint density at radius 3 is 1.83 bits per heavy atom. The maximum atomic E-state index is 5.32. The average molecular weight is 346 g/mol. The van der Waals surface area contributed by atoms with Crippen LogP contribution in [-0.2, 0) is 20.4 Å². The van der Waals surface area contributed by atoms with Gasteiger partial charge in [-0.2, -0.15) is 0 Å². The van der Waals surface area contributed by atoms with E-state index in [1.807, 2.05) is 0 Å². The smallest absolute Gasteiger partial charge is 0 e. The van der Waals surface area contributed by atoms with Gasteiger partial charge in [0.1, 0.15) is 0 Å². The van der Waals surface area contributed by atoms with Gasteiger partial charge in [0.2, 0.25) is 0 Å². The third kappa shape index (κ3) is 16.9. The SMILES string of the molecule is NCCCCNCCCN.[CH3-].[Re]. The Morgan fingerprint density at radius 1 is 0.833 bits per heavy atom. The summed E-state index contributed by atoms with van der Waals surface area (Å²) in [5.74, 6) is 0. The summed E-state index contributed by atoms with van der Waals surface area (Å²) in [4.78, 5) is 0. The van der Waals surface area contributed by atoms with Gasteiger partial charge in [-0.05, 0) is 45.4 Å². The Morgan fingerprint density at radius 2 is 1.33 bits per heavy atom. The molecule has 0 saturated carbocycles. The van der Waals surface area contributed by atoms with Crippen LogP contribution in [0.5, 0.6) is 0 Å². The van der Waals surface area contributed by atoms with E-state index in [1.165, 1.54) is 6.42 Å². The van der Waals surface area contributed by atoms with Gasteiger partial charge in [-0.1, -0.05) is 0 Å². The molecule has 0 saturated heterocycles. The number of hydrogen-bond donors (Lipinski definition) is 3. The Balaban J connectivity index is -0.000000405. The van der Waals surface area contributed by atoms with Gasteiger partial charge in [-0.25, -0.2) is 0 Å². The van der Waals surface area contributed by atoms with Crippen LogP contribution in [0.3, 0.4) is 0 Å². The fourth-order valence-electron chi connectivity index (χ4n) is 0.746. The van der Waals surface area contributed by atoms with Crippen molar-refractivity contribution in [1.29, 1.82) is 0 Å². The Labute approximate surface area is 90.3 Å². The molecule has 0 fully saturated rings. The Kier molecular flexibility index (Phi) is 26.9. The van der Waals surface area contributed by atoms with Crippen LogP contribution in [0.15, 0.2) is 0 Å². The molecule has 0 amide bonds. The van der Waals surface area contributed by atoms with Gasteiger partial charge in [0.05, 0.1) is 0 Å². The number of nitrogens with two attached hydrogens (primary N) is 2. The van der Waals surface area contributed by atoms with Crippen molar-refractivity contribution < 1.29 is 20.4 Å². The molecule has 0 rings (SSSR count).